The SMILES string of the molecule is CCCCCc1ccc2c(c1)CN=C2C. The van der Waals surface area contributed by atoms with Crippen LogP contribution in [0.4, 0.5) is 0 Å². The Morgan fingerprint density at radius 1 is 1.27 bits per heavy atom. The van der Waals surface area contributed by atoms with Gasteiger partial charge in [0.15, 0.2) is 0 Å². The first-order valence-electron chi connectivity index (χ1n) is 5.94. The fraction of sp³-hybridized carbons (Fsp3) is 0.500. The second kappa shape index (κ2) is 4.61. The first-order chi connectivity index (χ1) is 7.31. The molecule has 0 unspecified atom stereocenters. The van der Waals surface area contributed by atoms with Gasteiger partial charge >= 0.3 is 0 Å². The summed E-state index contributed by atoms with van der Waals surface area (Å²) in [5, 5.41) is 0. The number of aryl methyl sites for hydroxylation is 1. The first-order valence-corrected chi connectivity index (χ1v) is 5.94. The lowest BCUT2D eigenvalue weighted by molar-refractivity contribution is 0.717. The van der Waals surface area contributed by atoms with Crippen molar-refractivity contribution in [2.75, 3.05) is 0 Å². The Labute approximate surface area is 92.2 Å². The molecule has 80 valence electrons. The molecule has 15 heavy (non-hydrogen) atoms. The smallest absolute Gasteiger partial charge is 0.0649 e. The number of hydrogen-bond acceptors (Lipinski definition) is 1. The second-order valence-electron chi connectivity index (χ2n) is 4.35. The molecule has 1 aromatic carbocycles. The van der Waals surface area contributed by atoms with Crippen LogP contribution in [0.3, 0.4) is 0 Å². The summed E-state index contributed by atoms with van der Waals surface area (Å²) in [5.74, 6) is 0. The van der Waals surface area contributed by atoms with E-state index < -0.39 is 0 Å². The third kappa shape index (κ3) is 2.28. The third-order valence-electron chi connectivity index (χ3n) is 3.12. The summed E-state index contributed by atoms with van der Waals surface area (Å²) < 4.78 is 0. The largest absolute Gasteiger partial charge is 0.285 e. The number of unbranched alkanes of at least 4 members (excludes halogenated alkanes) is 2. The zero-order valence-electron chi connectivity index (χ0n) is 9.71. The summed E-state index contributed by atoms with van der Waals surface area (Å²) in [4.78, 5) is 4.46. The first kappa shape index (κ1) is 10.4. The lowest BCUT2D eigenvalue weighted by atomic mass is 10.00. The van der Waals surface area contributed by atoms with Gasteiger partial charge in [-0.15, -0.1) is 0 Å². The van der Waals surface area contributed by atoms with Gasteiger partial charge in [0.2, 0.25) is 0 Å². The number of benzene rings is 1. The van der Waals surface area contributed by atoms with Crippen molar-refractivity contribution in [2.24, 2.45) is 4.99 Å². The Kier molecular flexibility index (Phi) is 3.20. The normalized spacial score (nSPS) is 13.9. The van der Waals surface area contributed by atoms with Crippen LogP contribution in [0.15, 0.2) is 23.2 Å². The van der Waals surface area contributed by atoms with Gasteiger partial charge in [-0.2, -0.15) is 0 Å². The summed E-state index contributed by atoms with van der Waals surface area (Å²) in [6.45, 7) is 5.24. The highest BCUT2D eigenvalue weighted by atomic mass is 14.8. The standard InChI is InChI=1S/C14H19N/c1-3-4-5-6-12-7-8-14-11(2)15-10-13(14)9-12/h7-9H,3-6,10H2,1-2H3. The molecular weight excluding hydrogens is 182 g/mol. The zero-order chi connectivity index (χ0) is 10.7. The maximum atomic E-state index is 4.46. The van der Waals surface area contributed by atoms with E-state index in [0.717, 1.165) is 6.54 Å². The molecule has 0 radical (unpaired) electrons. The van der Waals surface area contributed by atoms with E-state index in [1.807, 2.05) is 0 Å². The van der Waals surface area contributed by atoms with Crippen LogP contribution in [-0.2, 0) is 13.0 Å². The highest BCUT2D eigenvalue weighted by Gasteiger charge is 2.11. The van der Waals surface area contributed by atoms with Crippen molar-refractivity contribution in [3.05, 3.63) is 34.9 Å². The van der Waals surface area contributed by atoms with Gasteiger partial charge in [-0.3, -0.25) is 4.99 Å². The van der Waals surface area contributed by atoms with Crippen molar-refractivity contribution < 1.29 is 0 Å². The van der Waals surface area contributed by atoms with Gasteiger partial charge in [-0.05, 0) is 30.9 Å². The summed E-state index contributed by atoms with van der Waals surface area (Å²) in [7, 11) is 0. The van der Waals surface area contributed by atoms with Crippen molar-refractivity contribution in [3.63, 3.8) is 0 Å². The van der Waals surface area contributed by atoms with E-state index in [9.17, 15) is 0 Å². The van der Waals surface area contributed by atoms with E-state index >= 15 is 0 Å². The number of hydrogen-bond donors (Lipinski definition) is 0. The Morgan fingerprint density at radius 2 is 2.13 bits per heavy atom. The molecule has 0 bridgehead atoms. The van der Waals surface area contributed by atoms with Crippen LogP contribution in [0, 0.1) is 0 Å². The summed E-state index contributed by atoms with van der Waals surface area (Å²) in [5.41, 5.74) is 5.45. The molecule has 0 fully saturated rings. The van der Waals surface area contributed by atoms with Crippen LogP contribution in [-0.4, -0.2) is 5.71 Å². The van der Waals surface area contributed by atoms with Crippen LogP contribution >= 0.6 is 0 Å². The second-order valence-corrected chi connectivity index (χ2v) is 4.35. The minimum atomic E-state index is 0.892. The van der Waals surface area contributed by atoms with Gasteiger partial charge in [0.05, 0.1) is 6.54 Å². The third-order valence-corrected chi connectivity index (χ3v) is 3.12. The summed E-state index contributed by atoms with van der Waals surface area (Å²) >= 11 is 0. The van der Waals surface area contributed by atoms with E-state index in [4.69, 9.17) is 0 Å². The van der Waals surface area contributed by atoms with E-state index in [1.165, 1.54) is 48.1 Å². The van der Waals surface area contributed by atoms with E-state index in [1.54, 1.807) is 0 Å². The van der Waals surface area contributed by atoms with Crippen LogP contribution in [0.5, 0.6) is 0 Å². The van der Waals surface area contributed by atoms with Gasteiger partial charge < -0.3 is 0 Å². The highest BCUT2D eigenvalue weighted by molar-refractivity contribution is 6.01. The van der Waals surface area contributed by atoms with E-state index in [2.05, 4.69) is 37.0 Å². The van der Waals surface area contributed by atoms with Gasteiger partial charge in [0, 0.05) is 11.3 Å². The molecule has 0 saturated carbocycles. The molecule has 0 atom stereocenters. The van der Waals surface area contributed by atoms with E-state index in [-0.39, 0.29) is 0 Å². The van der Waals surface area contributed by atoms with Gasteiger partial charge in [0.25, 0.3) is 0 Å². The molecule has 1 aromatic rings. The average molecular weight is 201 g/mol. The molecule has 1 nitrogen and oxygen atoms in total. The molecule has 1 aliphatic rings. The average Bonchev–Trinajstić information content (AvgIpc) is 2.61. The van der Waals surface area contributed by atoms with Crippen LogP contribution in [0.25, 0.3) is 0 Å². The van der Waals surface area contributed by atoms with Crippen LogP contribution in [0.1, 0.15) is 49.8 Å². The molecule has 0 spiro atoms. The fourth-order valence-corrected chi connectivity index (χ4v) is 2.15. The van der Waals surface area contributed by atoms with Crippen molar-refractivity contribution in [1.29, 1.82) is 0 Å². The summed E-state index contributed by atoms with van der Waals surface area (Å²) in [6, 6.07) is 6.84. The predicted octanol–water partition coefficient (Wildman–Crippen LogP) is 3.74. The van der Waals surface area contributed by atoms with E-state index in [0.29, 0.717) is 0 Å². The van der Waals surface area contributed by atoms with Gasteiger partial charge in [-0.25, -0.2) is 0 Å². The summed E-state index contributed by atoms with van der Waals surface area (Å²) in [6.07, 6.45) is 5.18. The Hall–Kier alpha value is -1.11. The molecule has 0 amide bonds. The zero-order valence-corrected chi connectivity index (χ0v) is 9.71. The number of nitrogens with zero attached hydrogens (tertiary/aromatic N) is 1. The molecular formula is C14H19N. The van der Waals surface area contributed by atoms with Crippen LogP contribution < -0.4 is 0 Å². The maximum absolute atomic E-state index is 4.46. The van der Waals surface area contributed by atoms with Crippen molar-refractivity contribution in [1.82, 2.24) is 0 Å². The molecule has 0 saturated heterocycles. The van der Waals surface area contributed by atoms with Gasteiger partial charge in [-0.1, -0.05) is 38.0 Å². The molecule has 1 aliphatic heterocycles. The molecule has 0 aliphatic carbocycles. The fourth-order valence-electron chi connectivity index (χ4n) is 2.15. The quantitative estimate of drug-likeness (QED) is 0.658. The monoisotopic (exact) mass is 201 g/mol. The maximum Gasteiger partial charge on any atom is 0.0649 e. The number of fused-ring (bicyclic) bond motifs is 1. The number of aliphatic imine (C=N–C) groups is 1. The van der Waals surface area contributed by atoms with Crippen molar-refractivity contribution >= 4 is 5.71 Å². The predicted molar refractivity (Wildman–Crippen MR) is 65.6 cm³/mol. The Morgan fingerprint density at radius 3 is 2.93 bits per heavy atom. The molecule has 2 rings (SSSR count). The lowest BCUT2D eigenvalue weighted by Gasteiger charge is -2.04. The van der Waals surface area contributed by atoms with Crippen molar-refractivity contribution in [2.45, 2.75) is 46.1 Å². The van der Waals surface area contributed by atoms with Gasteiger partial charge in [0.1, 0.15) is 0 Å². The molecule has 1 heterocycles. The molecule has 1 heteroatoms. The molecule has 0 N–H and O–H groups in total. The molecule has 0 aromatic heterocycles. The topological polar surface area (TPSA) is 12.4 Å². The number of rotatable bonds is 4. The minimum Gasteiger partial charge on any atom is -0.285 e. The highest BCUT2D eigenvalue weighted by Crippen LogP contribution is 2.21. The Balaban J connectivity index is 2.05. The lowest BCUT2D eigenvalue weighted by Crippen LogP contribution is -1.94. The van der Waals surface area contributed by atoms with Crippen LogP contribution in [0.2, 0.25) is 0 Å². The van der Waals surface area contributed by atoms with Crippen molar-refractivity contribution in [3.8, 4) is 0 Å². The Bertz CT molecular complexity index is 377. The minimum absolute atomic E-state index is 0.892.